The van der Waals surface area contributed by atoms with Crippen LogP contribution in [0.25, 0.3) is 0 Å². The summed E-state index contributed by atoms with van der Waals surface area (Å²) in [6.07, 6.45) is 2.65. The second-order valence-electron chi connectivity index (χ2n) is 4.56. The third-order valence-electron chi connectivity index (χ3n) is 3.06. The van der Waals surface area contributed by atoms with Gasteiger partial charge in [-0.2, -0.15) is 0 Å². The molecular weight excluding hydrogens is 233 g/mol. The predicted molar refractivity (Wildman–Crippen MR) is 70.3 cm³/mol. The van der Waals surface area contributed by atoms with Crippen LogP contribution in [0.4, 0.5) is 4.39 Å². The van der Waals surface area contributed by atoms with Crippen LogP contribution in [0.2, 0.25) is 0 Å². The van der Waals surface area contributed by atoms with Crippen molar-refractivity contribution >= 4 is 0 Å². The smallest absolute Gasteiger partial charge is 0.165 e. The Kier molecular flexibility index (Phi) is 6.09. The first-order valence-corrected chi connectivity index (χ1v) is 6.17. The Morgan fingerprint density at radius 1 is 1.28 bits per heavy atom. The largest absolute Gasteiger partial charge is 0.494 e. The highest BCUT2D eigenvalue weighted by Crippen LogP contribution is 2.19. The van der Waals surface area contributed by atoms with Crippen molar-refractivity contribution in [3.8, 4) is 5.75 Å². The maximum absolute atomic E-state index is 13.5. The van der Waals surface area contributed by atoms with E-state index < -0.39 is 0 Å². The van der Waals surface area contributed by atoms with Crippen LogP contribution in [0.5, 0.6) is 5.75 Å². The highest BCUT2D eigenvalue weighted by molar-refractivity contribution is 5.29. The molecule has 0 aliphatic rings. The standard InChI is InChI=1S/C14H22FNO2/c1-10(17-2)4-6-12(16)8-11-5-7-14(18-3)13(15)9-11/h5,7,9-10,12H,4,6,8,16H2,1-3H3. The Labute approximate surface area is 108 Å². The van der Waals surface area contributed by atoms with Crippen LogP contribution in [-0.2, 0) is 11.2 Å². The Morgan fingerprint density at radius 3 is 2.56 bits per heavy atom. The van der Waals surface area contributed by atoms with Crippen LogP contribution in [0.3, 0.4) is 0 Å². The van der Waals surface area contributed by atoms with E-state index in [9.17, 15) is 4.39 Å². The summed E-state index contributed by atoms with van der Waals surface area (Å²) in [4.78, 5) is 0. The monoisotopic (exact) mass is 255 g/mol. The maximum Gasteiger partial charge on any atom is 0.165 e. The van der Waals surface area contributed by atoms with Crippen LogP contribution in [-0.4, -0.2) is 26.4 Å². The van der Waals surface area contributed by atoms with E-state index in [1.807, 2.05) is 13.0 Å². The van der Waals surface area contributed by atoms with Crippen LogP contribution >= 0.6 is 0 Å². The van der Waals surface area contributed by atoms with Crippen LogP contribution in [0, 0.1) is 5.82 Å². The van der Waals surface area contributed by atoms with Gasteiger partial charge in [-0.1, -0.05) is 6.07 Å². The highest BCUT2D eigenvalue weighted by atomic mass is 19.1. The van der Waals surface area contributed by atoms with Gasteiger partial charge in [-0.15, -0.1) is 0 Å². The molecule has 18 heavy (non-hydrogen) atoms. The van der Waals surface area contributed by atoms with Crippen LogP contribution < -0.4 is 10.5 Å². The fourth-order valence-electron chi connectivity index (χ4n) is 1.81. The summed E-state index contributed by atoms with van der Waals surface area (Å²) in [5.74, 6) is -0.0761. The molecule has 0 heterocycles. The molecule has 2 atom stereocenters. The molecule has 4 heteroatoms. The molecule has 2 N–H and O–H groups in total. The molecule has 3 nitrogen and oxygen atoms in total. The number of benzene rings is 1. The van der Waals surface area contributed by atoms with E-state index in [-0.39, 0.29) is 23.7 Å². The zero-order valence-corrected chi connectivity index (χ0v) is 11.3. The highest BCUT2D eigenvalue weighted by Gasteiger charge is 2.09. The molecule has 0 aromatic heterocycles. The average Bonchev–Trinajstić information content (AvgIpc) is 2.36. The quantitative estimate of drug-likeness (QED) is 0.814. The Hall–Kier alpha value is -1.13. The summed E-state index contributed by atoms with van der Waals surface area (Å²) in [5, 5.41) is 0. The fourth-order valence-corrected chi connectivity index (χ4v) is 1.81. The van der Waals surface area contributed by atoms with E-state index in [4.69, 9.17) is 15.2 Å². The minimum absolute atomic E-state index is 0.0235. The zero-order valence-electron chi connectivity index (χ0n) is 11.3. The second-order valence-corrected chi connectivity index (χ2v) is 4.56. The van der Waals surface area contributed by atoms with Gasteiger partial charge in [-0.05, 0) is 43.9 Å². The number of nitrogens with two attached hydrogens (primary N) is 1. The lowest BCUT2D eigenvalue weighted by atomic mass is 10.0. The molecule has 0 bridgehead atoms. The lowest BCUT2D eigenvalue weighted by molar-refractivity contribution is 0.107. The molecule has 0 aliphatic carbocycles. The van der Waals surface area contributed by atoms with Crippen LogP contribution in [0.15, 0.2) is 18.2 Å². The Morgan fingerprint density at radius 2 is 2.00 bits per heavy atom. The fraction of sp³-hybridized carbons (Fsp3) is 0.571. The van der Waals surface area contributed by atoms with Gasteiger partial charge < -0.3 is 15.2 Å². The molecule has 0 spiro atoms. The lowest BCUT2D eigenvalue weighted by Crippen LogP contribution is -2.24. The van der Waals surface area contributed by atoms with Gasteiger partial charge >= 0.3 is 0 Å². The topological polar surface area (TPSA) is 44.5 Å². The molecule has 0 amide bonds. The summed E-state index contributed by atoms with van der Waals surface area (Å²) in [6.45, 7) is 2.01. The lowest BCUT2D eigenvalue weighted by Gasteiger charge is -2.15. The summed E-state index contributed by atoms with van der Waals surface area (Å²) in [5.41, 5.74) is 6.91. The number of hydrogen-bond donors (Lipinski definition) is 1. The summed E-state index contributed by atoms with van der Waals surface area (Å²) in [6, 6.07) is 4.99. The van der Waals surface area contributed by atoms with E-state index in [1.54, 1.807) is 13.2 Å². The van der Waals surface area contributed by atoms with Gasteiger partial charge in [0.2, 0.25) is 0 Å². The summed E-state index contributed by atoms with van der Waals surface area (Å²) >= 11 is 0. The molecule has 0 radical (unpaired) electrons. The Bertz CT molecular complexity index is 371. The molecule has 0 saturated carbocycles. The van der Waals surface area contributed by atoms with E-state index in [0.29, 0.717) is 6.42 Å². The zero-order chi connectivity index (χ0) is 13.5. The molecular formula is C14H22FNO2. The number of methoxy groups -OCH3 is 2. The van der Waals surface area contributed by atoms with Gasteiger partial charge in [0.05, 0.1) is 13.2 Å². The second kappa shape index (κ2) is 7.34. The predicted octanol–water partition coefficient (Wildman–Crippen LogP) is 2.52. The van der Waals surface area contributed by atoms with E-state index in [2.05, 4.69) is 0 Å². The van der Waals surface area contributed by atoms with Gasteiger partial charge in [0.15, 0.2) is 11.6 Å². The van der Waals surface area contributed by atoms with Gasteiger partial charge in [-0.3, -0.25) is 0 Å². The van der Waals surface area contributed by atoms with Crippen molar-refractivity contribution < 1.29 is 13.9 Å². The van der Waals surface area contributed by atoms with E-state index in [0.717, 1.165) is 18.4 Å². The van der Waals surface area contributed by atoms with Crippen molar-refractivity contribution in [2.75, 3.05) is 14.2 Å². The molecule has 1 rings (SSSR count). The van der Waals surface area contributed by atoms with E-state index in [1.165, 1.54) is 13.2 Å². The minimum atomic E-state index is -0.340. The SMILES string of the molecule is COc1ccc(CC(N)CCC(C)OC)cc1F. The molecule has 2 unspecified atom stereocenters. The third kappa shape index (κ3) is 4.63. The number of rotatable bonds is 7. The number of ether oxygens (including phenoxy) is 2. The first-order chi connectivity index (χ1) is 8.56. The summed E-state index contributed by atoms with van der Waals surface area (Å²) < 4.78 is 23.5. The van der Waals surface area contributed by atoms with Crippen molar-refractivity contribution in [3.63, 3.8) is 0 Å². The summed E-state index contributed by atoms with van der Waals surface area (Å²) in [7, 11) is 3.14. The van der Waals surface area contributed by atoms with Crippen molar-refractivity contribution in [2.45, 2.75) is 38.3 Å². The van der Waals surface area contributed by atoms with Gasteiger partial charge in [-0.25, -0.2) is 4.39 Å². The van der Waals surface area contributed by atoms with Crippen molar-refractivity contribution in [1.29, 1.82) is 0 Å². The van der Waals surface area contributed by atoms with Crippen LogP contribution in [0.1, 0.15) is 25.3 Å². The first kappa shape index (κ1) is 14.9. The van der Waals surface area contributed by atoms with Crippen molar-refractivity contribution in [1.82, 2.24) is 0 Å². The average molecular weight is 255 g/mol. The molecule has 0 saturated heterocycles. The molecule has 102 valence electrons. The molecule has 0 aliphatic heterocycles. The number of hydrogen-bond acceptors (Lipinski definition) is 3. The van der Waals surface area contributed by atoms with E-state index >= 15 is 0 Å². The van der Waals surface area contributed by atoms with Gasteiger partial charge in [0.1, 0.15) is 0 Å². The maximum atomic E-state index is 13.5. The van der Waals surface area contributed by atoms with Crippen molar-refractivity contribution in [3.05, 3.63) is 29.6 Å². The van der Waals surface area contributed by atoms with Gasteiger partial charge in [0, 0.05) is 13.2 Å². The molecule has 1 aromatic carbocycles. The Balaban J connectivity index is 2.49. The minimum Gasteiger partial charge on any atom is -0.494 e. The number of halogens is 1. The third-order valence-corrected chi connectivity index (χ3v) is 3.06. The van der Waals surface area contributed by atoms with Crippen molar-refractivity contribution in [2.24, 2.45) is 5.73 Å². The van der Waals surface area contributed by atoms with Gasteiger partial charge in [0.25, 0.3) is 0 Å². The molecule has 1 aromatic rings. The first-order valence-electron chi connectivity index (χ1n) is 6.17. The molecule has 0 fully saturated rings. The normalized spacial score (nSPS) is 14.3.